The number of hydrogen-bond donors (Lipinski definition) is 1. The van der Waals surface area contributed by atoms with Gasteiger partial charge in [-0.2, -0.15) is 0 Å². The van der Waals surface area contributed by atoms with Gasteiger partial charge >= 0.3 is 0 Å². The van der Waals surface area contributed by atoms with E-state index in [0.717, 1.165) is 31.5 Å². The molecule has 3 rings (SSSR count). The first-order valence-electron chi connectivity index (χ1n) is 7.15. The Labute approximate surface area is 123 Å². The van der Waals surface area contributed by atoms with Crippen LogP contribution in [-0.2, 0) is 16.0 Å². The number of benzene rings is 1. The van der Waals surface area contributed by atoms with Gasteiger partial charge in [0.15, 0.2) is 11.5 Å². The van der Waals surface area contributed by atoms with Crippen LogP contribution in [0.15, 0.2) is 18.2 Å². The molecule has 1 aromatic carbocycles. The van der Waals surface area contributed by atoms with Gasteiger partial charge in [-0.15, -0.1) is 0 Å². The monoisotopic (exact) mass is 290 g/mol. The van der Waals surface area contributed by atoms with E-state index in [1.165, 1.54) is 0 Å². The normalized spacial score (nSPS) is 16.1. The van der Waals surface area contributed by atoms with Gasteiger partial charge in [0, 0.05) is 13.1 Å². The van der Waals surface area contributed by atoms with Gasteiger partial charge in [0.25, 0.3) is 0 Å². The van der Waals surface area contributed by atoms with Crippen molar-refractivity contribution in [3.05, 3.63) is 23.8 Å². The highest BCUT2D eigenvalue weighted by Gasteiger charge is 2.18. The molecule has 1 saturated heterocycles. The van der Waals surface area contributed by atoms with Crippen molar-refractivity contribution in [2.45, 2.75) is 19.3 Å². The number of rotatable bonds is 4. The SMILES string of the molecule is O=C(Cc1ccc2c(c1)OCO2)NCC(=O)N1CCCC1. The Hall–Kier alpha value is -2.24. The highest BCUT2D eigenvalue weighted by atomic mass is 16.7. The molecule has 0 aromatic heterocycles. The van der Waals surface area contributed by atoms with Gasteiger partial charge in [-0.1, -0.05) is 6.07 Å². The summed E-state index contributed by atoms with van der Waals surface area (Å²) in [5.74, 6) is 1.18. The zero-order chi connectivity index (χ0) is 14.7. The number of fused-ring (bicyclic) bond motifs is 1. The van der Waals surface area contributed by atoms with Crippen molar-refractivity contribution in [2.24, 2.45) is 0 Å². The van der Waals surface area contributed by atoms with Crippen LogP contribution in [-0.4, -0.2) is 43.1 Å². The fourth-order valence-electron chi connectivity index (χ4n) is 2.55. The molecule has 112 valence electrons. The first-order chi connectivity index (χ1) is 10.2. The molecule has 6 heteroatoms. The first-order valence-corrected chi connectivity index (χ1v) is 7.15. The summed E-state index contributed by atoms with van der Waals surface area (Å²) in [5.41, 5.74) is 0.838. The van der Waals surface area contributed by atoms with E-state index in [1.54, 1.807) is 17.0 Å². The quantitative estimate of drug-likeness (QED) is 0.886. The number of amides is 2. The lowest BCUT2D eigenvalue weighted by atomic mass is 10.1. The maximum absolute atomic E-state index is 11.9. The lowest BCUT2D eigenvalue weighted by molar-refractivity contribution is -0.131. The molecule has 0 bridgehead atoms. The first kappa shape index (κ1) is 13.7. The Balaban J connectivity index is 1.48. The summed E-state index contributed by atoms with van der Waals surface area (Å²) in [6.45, 7) is 1.90. The second-order valence-electron chi connectivity index (χ2n) is 5.23. The average Bonchev–Trinajstić information content (AvgIpc) is 3.15. The highest BCUT2D eigenvalue weighted by molar-refractivity contribution is 5.85. The van der Waals surface area contributed by atoms with Crippen molar-refractivity contribution in [1.29, 1.82) is 0 Å². The van der Waals surface area contributed by atoms with Crippen molar-refractivity contribution in [3.8, 4) is 11.5 Å². The van der Waals surface area contributed by atoms with Gasteiger partial charge in [0.05, 0.1) is 13.0 Å². The van der Waals surface area contributed by atoms with E-state index in [9.17, 15) is 9.59 Å². The van der Waals surface area contributed by atoms with Crippen LogP contribution in [0.1, 0.15) is 18.4 Å². The van der Waals surface area contributed by atoms with E-state index >= 15 is 0 Å². The smallest absolute Gasteiger partial charge is 0.241 e. The van der Waals surface area contributed by atoms with Crippen molar-refractivity contribution in [3.63, 3.8) is 0 Å². The van der Waals surface area contributed by atoms with Gasteiger partial charge in [0.1, 0.15) is 0 Å². The van der Waals surface area contributed by atoms with Crippen LogP contribution in [0.3, 0.4) is 0 Å². The van der Waals surface area contributed by atoms with Crippen LogP contribution >= 0.6 is 0 Å². The molecule has 0 spiro atoms. The van der Waals surface area contributed by atoms with Gasteiger partial charge < -0.3 is 19.7 Å². The molecule has 2 aliphatic rings. The number of likely N-dealkylation sites (tertiary alicyclic amines) is 1. The molecule has 2 aliphatic heterocycles. The number of nitrogens with zero attached hydrogens (tertiary/aromatic N) is 1. The van der Waals surface area contributed by atoms with Crippen LogP contribution in [0.2, 0.25) is 0 Å². The minimum absolute atomic E-state index is 0.00784. The van der Waals surface area contributed by atoms with Gasteiger partial charge in [0.2, 0.25) is 18.6 Å². The molecule has 0 aliphatic carbocycles. The molecule has 6 nitrogen and oxygen atoms in total. The van der Waals surface area contributed by atoms with Crippen molar-refractivity contribution in [1.82, 2.24) is 10.2 Å². The van der Waals surface area contributed by atoms with E-state index in [1.807, 2.05) is 6.07 Å². The second-order valence-corrected chi connectivity index (χ2v) is 5.23. The average molecular weight is 290 g/mol. The van der Waals surface area contributed by atoms with Crippen molar-refractivity contribution < 1.29 is 19.1 Å². The Morgan fingerprint density at radius 1 is 1.14 bits per heavy atom. The van der Waals surface area contributed by atoms with E-state index < -0.39 is 0 Å². The summed E-state index contributed by atoms with van der Waals surface area (Å²) < 4.78 is 10.5. The minimum Gasteiger partial charge on any atom is -0.454 e. The van der Waals surface area contributed by atoms with E-state index in [-0.39, 0.29) is 31.6 Å². The molecule has 2 heterocycles. The standard InChI is InChI=1S/C15H18N2O4/c18-14(16-9-15(19)17-5-1-2-6-17)8-11-3-4-12-13(7-11)21-10-20-12/h3-4,7H,1-2,5-6,8-10H2,(H,16,18). The topological polar surface area (TPSA) is 67.9 Å². The number of nitrogens with one attached hydrogen (secondary N) is 1. The minimum atomic E-state index is -0.165. The maximum Gasteiger partial charge on any atom is 0.241 e. The molecule has 1 fully saturated rings. The second kappa shape index (κ2) is 6.03. The molecule has 1 N–H and O–H groups in total. The van der Waals surface area contributed by atoms with Gasteiger partial charge in [-0.25, -0.2) is 0 Å². The summed E-state index contributed by atoms with van der Waals surface area (Å²) >= 11 is 0. The summed E-state index contributed by atoms with van der Waals surface area (Å²) in [4.78, 5) is 25.5. The van der Waals surface area contributed by atoms with Crippen LogP contribution in [0, 0.1) is 0 Å². The van der Waals surface area contributed by atoms with Crippen LogP contribution in [0.4, 0.5) is 0 Å². The summed E-state index contributed by atoms with van der Waals surface area (Å²) in [7, 11) is 0. The molecule has 0 unspecified atom stereocenters. The fourth-order valence-corrected chi connectivity index (χ4v) is 2.55. The zero-order valence-electron chi connectivity index (χ0n) is 11.8. The molecule has 2 amide bonds. The Kier molecular flexibility index (Phi) is 3.94. The van der Waals surface area contributed by atoms with Crippen molar-refractivity contribution >= 4 is 11.8 Å². The predicted octanol–water partition coefficient (Wildman–Crippen LogP) is 0.696. The summed E-state index contributed by atoms with van der Waals surface area (Å²) in [5, 5.41) is 2.67. The van der Waals surface area contributed by atoms with Crippen LogP contribution < -0.4 is 14.8 Å². The van der Waals surface area contributed by atoms with E-state index in [4.69, 9.17) is 9.47 Å². The van der Waals surface area contributed by atoms with Gasteiger partial charge in [-0.3, -0.25) is 9.59 Å². The number of carbonyl (C=O) groups is 2. The molecule has 0 atom stereocenters. The molecule has 1 aromatic rings. The van der Waals surface area contributed by atoms with Crippen LogP contribution in [0.25, 0.3) is 0 Å². The summed E-state index contributed by atoms with van der Waals surface area (Å²) in [6, 6.07) is 5.42. The fraction of sp³-hybridized carbons (Fsp3) is 0.467. The third-order valence-electron chi connectivity index (χ3n) is 3.70. The molecular weight excluding hydrogens is 272 g/mol. The molecule has 21 heavy (non-hydrogen) atoms. The third-order valence-corrected chi connectivity index (χ3v) is 3.70. The predicted molar refractivity (Wildman–Crippen MR) is 75.1 cm³/mol. The Morgan fingerprint density at radius 3 is 2.71 bits per heavy atom. The Bertz CT molecular complexity index is 553. The lowest BCUT2D eigenvalue weighted by Gasteiger charge is -2.15. The summed E-state index contributed by atoms with van der Waals surface area (Å²) in [6.07, 6.45) is 2.33. The lowest BCUT2D eigenvalue weighted by Crippen LogP contribution is -2.39. The van der Waals surface area contributed by atoms with E-state index in [2.05, 4.69) is 5.32 Å². The van der Waals surface area contributed by atoms with E-state index in [0.29, 0.717) is 11.5 Å². The Morgan fingerprint density at radius 2 is 1.90 bits per heavy atom. The maximum atomic E-state index is 11.9. The number of ether oxygens (including phenoxy) is 2. The molecular formula is C15H18N2O4. The highest BCUT2D eigenvalue weighted by Crippen LogP contribution is 2.32. The number of carbonyl (C=O) groups excluding carboxylic acids is 2. The molecule has 0 saturated carbocycles. The molecule has 0 radical (unpaired) electrons. The number of hydrogen-bond acceptors (Lipinski definition) is 4. The van der Waals surface area contributed by atoms with Crippen LogP contribution in [0.5, 0.6) is 11.5 Å². The van der Waals surface area contributed by atoms with Crippen molar-refractivity contribution in [2.75, 3.05) is 26.4 Å². The zero-order valence-corrected chi connectivity index (χ0v) is 11.8. The third kappa shape index (κ3) is 3.26. The largest absolute Gasteiger partial charge is 0.454 e. The van der Waals surface area contributed by atoms with Gasteiger partial charge in [-0.05, 0) is 30.5 Å².